The SMILES string of the molecule is O=c1c(-c2ccccc2)cncn1Cc1ncccn1. The number of hydrogen-bond donors (Lipinski definition) is 0. The van der Waals surface area contributed by atoms with Crippen molar-refractivity contribution in [1.82, 2.24) is 19.5 Å². The van der Waals surface area contributed by atoms with E-state index < -0.39 is 0 Å². The molecule has 0 fully saturated rings. The quantitative estimate of drug-likeness (QED) is 0.723. The summed E-state index contributed by atoms with van der Waals surface area (Å²) in [6.45, 7) is 0.313. The van der Waals surface area contributed by atoms with Gasteiger partial charge in [0.25, 0.3) is 5.56 Å². The van der Waals surface area contributed by atoms with Gasteiger partial charge in [-0.3, -0.25) is 9.36 Å². The Bertz CT molecular complexity index is 754. The topological polar surface area (TPSA) is 60.7 Å². The highest BCUT2D eigenvalue weighted by molar-refractivity contribution is 5.60. The lowest BCUT2D eigenvalue weighted by molar-refractivity contribution is 0.698. The lowest BCUT2D eigenvalue weighted by atomic mass is 10.1. The maximum atomic E-state index is 12.4. The van der Waals surface area contributed by atoms with E-state index in [-0.39, 0.29) is 5.56 Å². The first-order chi connectivity index (χ1) is 9.84. The Hall–Kier alpha value is -2.82. The molecule has 20 heavy (non-hydrogen) atoms. The summed E-state index contributed by atoms with van der Waals surface area (Å²) in [5, 5.41) is 0. The average Bonchev–Trinajstić information content (AvgIpc) is 2.51. The molecule has 0 aliphatic rings. The molecule has 0 spiro atoms. The van der Waals surface area contributed by atoms with Gasteiger partial charge in [0.05, 0.1) is 18.4 Å². The highest BCUT2D eigenvalue weighted by Crippen LogP contribution is 2.12. The van der Waals surface area contributed by atoms with Crippen molar-refractivity contribution in [2.45, 2.75) is 6.54 Å². The molecule has 0 atom stereocenters. The van der Waals surface area contributed by atoms with E-state index in [0.29, 0.717) is 17.9 Å². The first-order valence-corrected chi connectivity index (χ1v) is 6.20. The molecule has 0 saturated heterocycles. The van der Waals surface area contributed by atoms with Crippen LogP contribution in [0.1, 0.15) is 5.82 Å². The summed E-state index contributed by atoms with van der Waals surface area (Å²) in [4.78, 5) is 24.8. The Morgan fingerprint density at radius 2 is 1.75 bits per heavy atom. The minimum Gasteiger partial charge on any atom is -0.291 e. The highest BCUT2D eigenvalue weighted by Gasteiger charge is 2.07. The maximum Gasteiger partial charge on any atom is 0.261 e. The third kappa shape index (κ3) is 2.47. The molecule has 0 bridgehead atoms. The van der Waals surface area contributed by atoms with Crippen molar-refractivity contribution < 1.29 is 0 Å². The Morgan fingerprint density at radius 3 is 2.50 bits per heavy atom. The lowest BCUT2D eigenvalue weighted by Gasteiger charge is -2.06. The molecule has 0 radical (unpaired) electrons. The van der Waals surface area contributed by atoms with Crippen LogP contribution in [0.4, 0.5) is 0 Å². The van der Waals surface area contributed by atoms with Crippen LogP contribution < -0.4 is 5.56 Å². The Labute approximate surface area is 115 Å². The maximum absolute atomic E-state index is 12.4. The summed E-state index contributed by atoms with van der Waals surface area (Å²) in [6, 6.07) is 11.2. The van der Waals surface area contributed by atoms with Crippen molar-refractivity contribution in [3.05, 3.63) is 77.5 Å². The monoisotopic (exact) mass is 264 g/mol. The molecule has 5 nitrogen and oxygen atoms in total. The van der Waals surface area contributed by atoms with E-state index in [1.54, 1.807) is 24.7 Å². The third-order valence-corrected chi connectivity index (χ3v) is 2.92. The van der Waals surface area contributed by atoms with E-state index in [0.717, 1.165) is 5.56 Å². The van der Waals surface area contributed by atoms with Gasteiger partial charge in [0.15, 0.2) is 0 Å². The Balaban J connectivity index is 2.00. The molecule has 0 N–H and O–H groups in total. The second-order valence-corrected chi connectivity index (χ2v) is 4.27. The molecule has 3 aromatic rings. The van der Waals surface area contributed by atoms with E-state index in [1.165, 1.54) is 10.9 Å². The minimum absolute atomic E-state index is 0.0985. The first-order valence-electron chi connectivity index (χ1n) is 6.20. The van der Waals surface area contributed by atoms with Gasteiger partial charge < -0.3 is 0 Å². The van der Waals surface area contributed by atoms with E-state index >= 15 is 0 Å². The van der Waals surface area contributed by atoms with Crippen molar-refractivity contribution in [3.8, 4) is 11.1 Å². The predicted molar refractivity (Wildman–Crippen MR) is 75.1 cm³/mol. The molecule has 1 aromatic carbocycles. The van der Waals surface area contributed by atoms with Crippen LogP contribution in [0, 0.1) is 0 Å². The molecule has 0 amide bonds. The minimum atomic E-state index is -0.0985. The van der Waals surface area contributed by atoms with Crippen LogP contribution in [0.5, 0.6) is 0 Å². The zero-order valence-electron chi connectivity index (χ0n) is 10.7. The van der Waals surface area contributed by atoms with Crippen LogP contribution >= 0.6 is 0 Å². The number of nitrogens with zero attached hydrogens (tertiary/aromatic N) is 4. The van der Waals surface area contributed by atoms with E-state index in [9.17, 15) is 4.79 Å². The molecule has 0 saturated carbocycles. The van der Waals surface area contributed by atoms with Crippen LogP contribution in [0.2, 0.25) is 0 Å². The molecular formula is C15H12N4O. The molecule has 0 aliphatic heterocycles. The normalized spacial score (nSPS) is 10.4. The van der Waals surface area contributed by atoms with Crippen molar-refractivity contribution in [1.29, 1.82) is 0 Å². The van der Waals surface area contributed by atoms with Crippen LogP contribution in [0.15, 0.2) is 66.1 Å². The third-order valence-electron chi connectivity index (χ3n) is 2.92. The average molecular weight is 264 g/mol. The fourth-order valence-electron chi connectivity index (χ4n) is 1.94. The van der Waals surface area contributed by atoms with E-state index in [1.807, 2.05) is 30.3 Å². The molecular weight excluding hydrogens is 252 g/mol. The van der Waals surface area contributed by atoms with Crippen LogP contribution in [0.25, 0.3) is 11.1 Å². The largest absolute Gasteiger partial charge is 0.291 e. The summed E-state index contributed by atoms with van der Waals surface area (Å²) < 4.78 is 1.51. The first kappa shape index (κ1) is 12.2. The summed E-state index contributed by atoms with van der Waals surface area (Å²) in [7, 11) is 0. The van der Waals surface area contributed by atoms with Crippen molar-refractivity contribution in [2.75, 3.05) is 0 Å². The fourth-order valence-corrected chi connectivity index (χ4v) is 1.94. The van der Waals surface area contributed by atoms with Crippen LogP contribution in [-0.4, -0.2) is 19.5 Å². The number of hydrogen-bond acceptors (Lipinski definition) is 4. The summed E-state index contributed by atoms with van der Waals surface area (Å²) >= 11 is 0. The zero-order valence-corrected chi connectivity index (χ0v) is 10.7. The van der Waals surface area contributed by atoms with Crippen molar-refractivity contribution in [2.24, 2.45) is 0 Å². The lowest BCUT2D eigenvalue weighted by Crippen LogP contribution is -2.23. The van der Waals surface area contributed by atoms with Crippen LogP contribution in [-0.2, 0) is 6.54 Å². The summed E-state index contributed by atoms with van der Waals surface area (Å²) in [5.74, 6) is 0.585. The molecule has 2 heterocycles. The van der Waals surface area contributed by atoms with Gasteiger partial charge in [-0.05, 0) is 11.6 Å². The van der Waals surface area contributed by atoms with Gasteiger partial charge in [0.1, 0.15) is 5.82 Å². The number of benzene rings is 1. The predicted octanol–water partition coefficient (Wildman–Crippen LogP) is 1.75. The van der Waals surface area contributed by atoms with Gasteiger partial charge in [-0.25, -0.2) is 15.0 Å². The molecule has 98 valence electrons. The Morgan fingerprint density at radius 1 is 1.00 bits per heavy atom. The number of rotatable bonds is 3. The van der Waals surface area contributed by atoms with Gasteiger partial charge in [-0.1, -0.05) is 30.3 Å². The van der Waals surface area contributed by atoms with Crippen LogP contribution in [0.3, 0.4) is 0 Å². The van der Waals surface area contributed by atoms with Crippen molar-refractivity contribution >= 4 is 0 Å². The van der Waals surface area contributed by atoms with Gasteiger partial charge in [0.2, 0.25) is 0 Å². The highest BCUT2D eigenvalue weighted by atomic mass is 16.1. The number of aromatic nitrogens is 4. The molecule has 0 unspecified atom stereocenters. The van der Waals surface area contributed by atoms with Gasteiger partial charge in [-0.2, -0.15) is 0 Å². The summed E-state index contributed by atoms with van der Waals surface area (Å²) in [5.41, 5.74) is 1.33. The summed E-state index contributed by atoms with van der Waals surface area (Å²) in [6.07, 6.45) is 6.40. The van der Waals surface area contributed by atoms with Gasteiger partial charge in [-0.15, -0.1) is 0 Å². The van der Waals surface area contributed by atoms with E-state index in [4.69, 9.17) is 0 Å². The second-order valence-electron chi connectivity index (χ2n) is 4.27. The fraction of sp³-hybridized carbons (Fsp3) is 0.0667. The Kier molecular flexibility index (Phi) is 3.33. The van der Waals surface area contributed by atoms with E-state index in [2.05, 4.69) is 15.0 Å². The molecule has 0 aliphatic carbocycles. The second kappa shape index (κ2) is 5.44. The molecule has 3 rings (SSSR count). The molecule has 2 aromatic heterocycles. The van der Waals surface area contributed by atoms with Gasteiger partial charge >= 0.3 is 0 Å². The van der Waals surface area contributed by atoms with Gasteiger partial charge in [0, 0.05) is 18.6 Å². The standard InChI is InChI=1S/C15H12N4O/c20-15-13(12-5-2-1-3-6-12)9-16-11-19(15)10-14-17-7-4-8-18-14/h1-9,11H,10H2. The molecule has 5 heteroatoms. The smallest absolute Gasteiger partial charge is 0.261 e. The van der Waals surface area contributed by atoms with Crippen molar-refractivity contribution in [3.63, 3.8) is 0 Å². The zero-order chi connectivity index (χ0) is 13.8.